The van der Waals surface area contributed by atoms with E-state index in [2.05, 4.69) is 10.2 Å². The third-order valence-electron chi connectivity index (χ3n) is 4.94. The quantitative estimate of drug-likeness (QED) is 0.226. The normalized spacial score (nSPS) is 10.7. The number of phenols is 2. The molecule has 0 saturated heterocycles. The molecule has 0 fully saturated rings. The molecule has 0 atom stereocenters. The Kier molecular flexibility index (Phi) is 6.50. The summed E-state index contributed by atoms with van der Waals surface area (Å²) in [4.78, 5) is 12.7. The van der Waals surface area contributed by atoms with E-state index in [-0.39, 0.29) is 23.0 Å². The van der Waals surface area contributed by atoms with Crippen molar-refractivity contribution in [3.8, 4) is 40.1 Å². The topological polar surface area (TPSA) is 107 Å². The number of rotatable bonds is 8. The Bertz CT molecular complexity index is 1290. The number of thioether (sulfide) groups is 1. The fraction of sp³-hybridized carbons (Fsp3) is 0.125. The van der Waals surface area contributed by atoms with E-state index in [0.29, 0.717) is 28.0 Å². The van der Waals surface area contributed by atoms with Gasteiger partial charge in [0.15, 0.2) is 28.3 Å². The number of carbonyl (C=O) groups is 1. The first-order valence-corrected chi connectivity index (χ1v) is 10.9. The maximum Gasteiger partial charge on any atom is 0.196 e. The van der Waals surface area contributed by atoms with Gasteiger partial charge < -0.3 is 19.7 Å². The number of para-hydroxylation sites is 1. The predicted octanol–water partition coefficient (Wildman–Crippen LogP) is 4.34. The summed E-state index contributed by atoms with van der Waals surface area (Å²) >= 11 is 1.22. The number of methoxy groups -OCH3 is 2. The standard InChI is InChI=1S/C24H21N3O5S/c1-31-17-10-8-16(9-11-17)27-23(18-5-3-4-6-22(18)32-2)25-26-24(27)33-14-21(30)15-7-12-19(28)20(29)13-15/h3-13,28-29H,14H2,1-2H3. The first-order valence-electron chi connectivity index (χ1n) is 9.93. The van der Waals surface area contributed by atoms with Gasteiger partial charge in [-0.2, -0.15) is 0 Å². The largest absolute Gasteiger partial charge is 0.504 e. The second-order valence-corrected chi connectivity index (χ2v) is 7.90. The highest BCUT2D eigenvalue weighted by atomic mass is 32.2. The van der Waals surface area contributed by atoms with Crippen LogP contribution in [0.25, 0.3) is 17.1 Å². The van der Waals surface area contributed by atoms with Gasteiger partial charge in [0, 0.05) is 5.56 Å². The molecule has 0 radical (unpaired) electrons. The number of phenolic OH excluding ortho intramolecular Hbond substituents is 2. The van der Waals surface area contributed by atoms with E-state index in [0.717, 1.165) is 11.3 Å². The molecule has 0 amide bonds. The summed E-state index contributed by atoms with van der Waals surface area (Å²) in [6.07, 6.45) is 0. The minimum atomic E-state index is -0.342. The van der Waals surface area contributed by atoms with Crippen molar-refractivity contribution in [3.05, 3.63) is 72.3 Å². The van der Waals surface area contributed by atoms with Crippen molar-refractivity contribution in [2.75, 3.05) is 20.0 Å². The molecule has 4 aromatic rings. The van der Waals surface area contributed by atoms with Crippen molar-refractivity contribution < 1.29 is 24.5 Å². The Morgan fingerprint density at radius 1 is 0.939 bits per heavy atom. The van der Waals surface area contributed by atoms with Gasteiger partial charge in [0.2, 0.25) is 0 Å². The van der Waals surface area contributed by atoms with E-state index in [1.807, 2.05) is 53.1 Å². The minimum absolute atomic E-state index is 0.0599. The van der Waals surface area contributed by atoms with E-state index in [4.69, 9.17) is 9.47 Å². The highest BCUT2D eigenvalue weighted by molar-refractivity contribution is 7.99. The average Bonchev–Trinajstić information content (AvgIpc) is 3.27. The molecule has 0 bridgehead atoms. The smallest absolute Gasteiger partial charge is 0.196 e. The lowest BCUT2D eigenvalue weighted by Crippen LogP contribution is -2.05. The number of aromatic hydroxyl groups is 2. The first-order chi connectivity index (χ1) is 16.0. The molecule has 8 nitrogen and oxygen atoms in total. The molecule has 0 aliphatic heterocycles. The van der Waals surface area contributed by atoms with Gasteiger partial charge >= 0.3 is 0 Å². The number of carbonyl (C=O) groups excluding carboxylic acids is 1. The Morgan fingerprint density at radius 2 is 1.70 bits per heavy atom. The molecule has 33 heavy (non-hydrogen) atoms. The molecule has 2 N–H and O–H groups in total. The number of benzene rings is 3. The zero-order valence-corrected chi connectivity index (χ0v) is 18.7. The Balaban J connectivity index is 1.70. The van der Waals surface area contributed by atoms with E-state index in [1.165, 1.54) is 30.0 Å². The summed E-state index contributed by atoms with van der Waals surface area (Å²) in [6.45, 7) is 0. The van der Waals surface area contributed by atoms with Crippen LogP contribution in [-0.2, 0) is 0 Å². The Morgan fingerprint density at radius 3 is 2.39 bits per heavy atom. The third kappa shape index (κ3) is 4.63. The SMILES string of the molecule is COc1ccc(-n2c(SCC(=O)c3ccc(O)c(O)c3)nnc2-c2ccccc2OC)cc1. The van der Waals surface area contributed by atoms with Gasteiger partial charge in [0.25, 0.3) is 0 Å². The summed E-state index contributed by atoms with van der Waals surface area (Å²) in [5.41, 5.74) is 1.84. The third-order valence-corrected chi connectivity index (χ3v) is 5.87. The number of ketones is 1. The molecule has 0 spiro atoms. The summed E-state index contributed by atoms with van der Waals surface area (Å²) in [5, 5.41) is 28.4. The van der Waals surface area contributed by atoms with Crippen LogP contribution in [0.3, 0.4) is 0 Å². The number of hydrogen-bond acceptors (Lipinski definition) is 8. The average molecular weight is 464 g/mol. The molecular weight excluding hydrogens is 442 g/mol. The van der Waals surface area contributed by atoms with Gasteiger partial charge in [-0.05, 0) is 54.6 Å². The lowest BCUT2D eigenvalue weighted by Gasteiger charge is -2.13. The fourth-order valence-corrected chi connectivity index (χ4v) is 4.09. The molecule has 0 aliphatic carbocycles. The Hall–Kier alpha value is -3.98. The zero-order valence-electron chi connectivity index (χ0n) is 17.9. The van der Waals surface area contributed by atoms with Crippen LogP contribution in [0.1, 0.15) is 10.4 Å². The van der Waals surface area contributed by atoms with Gasteiger partial charge in [-0.1, -0.05) is 23.9 Å². The van der Waals surface area contributed by atoms with Gasteiger partial charge in [-0.25, -0.2) is 0 Å². The highest BCUT2D eigenvalue weighted by Gasteiger charge is 2.20. The van der Waals surface area contributed by atoms with Crippen molar-refractivity contribution in [2.24, 2.45) is 0 Å². The minimum Gasteiger partial charge on any atom is -0.504 e. The second kappa shape index (κ2) is 9.66. The fourth-order valence-electron chi connectivity index (χ4n) is 3.24. The number of Topliss-reactive ketones (excluding diaryl/α,β-unsaturated/α-hetero) is 1. The van der Waals surface area contributed by atoms with Crippen molar-refractivity contribution in [3.63, 3.8) is 0 Å². The maximum absolute atomic E-state index is 12.7. The summed E-state index contributed by atoms with van der Waals surface area (Å²) < 4.78 is 12.6. The molecule has 1 heterocycles. The predicted molar refractivity (Wildman–Crippen MR) is 125 cm³/mol. The van der Waals surface area contributed by atoms with E-state index in [9.17, 15) is 15.0 Å². The molecule has 3 aromatic carbocycles. The van der Waals surface area contributed by atoms with Crippen LogP contribution in [0, 0.1) is 0 Å². The number of nitrogens with zero attached hydrogens (tertiary/aromatic N) is 3. The van der Waals surface area contributed by atoms with E-state index >= 15 is 0 Å². The summed E-state index contributed by atoms with van der Waals surface area (Å²) in [6, 6.07) is 18.9. The van der Waals surface area contributed by atoms with Crippen molar-refractivity contribution in [1.29, 1.82) is 0 Å². The molecule has 168 valence electrons. The van der Waals surface area contributed by atoms with Crippen molar-refractivity contribution in [2.45, 2.75) is 5.16 Å². The maximum atomic E-state index is 12.7. The second-order valence-electron chi connectivity index (χ2n) is 6.96. The van der Waals surface area contributed by atoms with E-state index in [1.54, 1.807) is 14.2 Å². The van der Waals surface area contributed by atoms with Crippen molar-refractivity contribution in [1.82, 2.24) is 14.8 Å². The van der Waals surface area contributed by atoms with Crippen LogP contribution < -0.4 is 9.47 Å². The number of ether oxygens (including phenoxy) is 2. The molecule has 0 saturated carbocycles. The van der Waals surface area contributed by atoms with Gasteiger partial charge in [-0.15, -0.1) is 10.2 Å². The lowest BCUT2D eigenvalue weighted by atomic mass is 10.1. The van der Waals surface area contributed by atoms with Crippen LogP contribution in [-0.4, -0.2) is 50.7 Å². The van der Waals surface area contributed by atoms with Gasteiger partial charge in [0.05, 0.1) is 31.2 Å². The monoisotopic (exact) mass is 463 g/mol. The lowest BCUT2D eigenvalue weighted by molar-refractivity contribution is 0.102. The zero-order chi connectivity index (χ0) is 23.4. The van der Waals surface area contributed by atoms with Crippen LogP contribution in [0.15, 0.2) is 71.9 Å². The van der Waals surface area contributed by atoms with Crippen LogP contribution in [0.4, 0.5) is 0 Å². The molecule has 0 aliphatic rings. The number of aromatic nitrogens is 3. The molecule has 0 unspecified atom stereocenters. The van der Waals surface area contributed by atoms with E-state index < -0.39 is 0 Å². The highest BCUT2D eigenvalue weighted by Crippen LogP contribution is 2.34. The van der Waals surface area contributed by atoms with Crippen molar-refractivity contribution >= 4 is 17.5 Å². The summed E-state index contributed by atoms with van der Waals surface area (Å²) in [7, 11) is 3.19. The van der Waals surface area contributed by atoms with Crippen LogP contribution >= 0.6 is 11.8 Å². The molecule has 4 rings (SSSR count). The van der Waals surface area contributed by atoms with Crippen LogP contribution in [0.5, 0.6) is 23.0 Å². The van der Waals surface area contributed by atoms with Gasteiger partial charge in [-0.3, -0.25) is 9.36 Å². The molecule has 9 heteroatoms. The summed E-state index contributed by atoms with van der Waals surface area (Å²) in [5.74, 6) is 1.14. The molecular formula is C24H21N3O5S. The molecule has 1 aromatic heterocycles. The van der Waals surface area contributed by atoms with Gasteiger partial charge in [0.1, 0.15) is 11.5 Å². The van der Waals surface area contributed by atoms with Crippen LogP contribution in [0.2, 0.25) is 0 Å². The first kappa shape index (κ1) is 22.2. The Labute approximate surface area is 194 Å². The number of hydrogen-bond donors (Lipinski definition) is 2.